The van der Waals surface area contributed by atoms with E-state index in [-0.39, 0.29) is 16.8 Å². The van der Waals surface area contributed by atoms with Gasteiger partial charge in [0.05, 0.1) is 32.3 Å². The molecular weight excluding hydrogens is 708 g/mol. The molecular formula is C38H30N2O12S. The number of non-ortho nitro benzene ring substituents is 1. The van der Waals surface area contributed by atoms with Crippen LogP contribution in [0.1, 0.15) is 20.7 Å². The fourth-order valence-electron chi connectivity index (χ4n) is 5.35. The van der Waals surface area contributed by atoms with Crippen LogP contribution in [0.3, 0.4) is 0 Å². The Balaban J connectivity index is 1.37. The van der Waals surface area contributed by atoms with Gasteiger partial charge in [0.1, 0.15) is 12.7 Å². The SMILES string of the molecule is O=C(OC[C@H]1O[C@@H](OC(=O)N(c2ccccc2)c2ccccc2)[C@@H](OS(=O)(=O)c2ccc([N+](=O)[O-])cc2)[C@H]1OC(=O)c1ccccc1)c1ccccc1. The quantitative estimate of drug-likeness (QED) is 0.0450. The number of nitro groups is 1. The normalized spacial score (nSPS) is 18.0. The summed E-state index contributed by atoms with van der Waals surface area (Å²) >= 11 is 0. The first-order valence-electron chi connectivity index (χ1n) is 16.0. The number of carbonyl (C=O) groups excluding carboxylic acids is 3. The Morgan fingerprint density at radius 2 is 1.15 bits per heavy atom. The van der Waals surface area contributed by atoms with E-state index in [1.165, 1.54) is 29.2 Å². The van der Waals surface area contributed by atoms with Gasteiger partial charge < -0.3 is 18.9 Å². The van der Waals surface area contributed by atoms with Gasteiger partial charge in [-0.15, -0.1) is 0 Å². The molecule has 1 aliphatic rings. The number of hydrogen-bond acceptors (Lipinski definition) is 12. The van der Waals surface area contributed by atoms with Gasteiger partial charge >= 0.3 is 18.0 Å². The molecule has 0 spiro atoms. The van der Waals surface area contributed by atoms with Crippen LogP contribution in [0, 0.1) is 10.1 Å². The van der Waals surface area contributed by atoms with Gasteiger partial charge in [-0.1, -0.05) is 72.8 Å². The van der Waals surface area contributed by atoms with Crippen LogP contribution in [0.2, 0.25) is 0 Å². The highest BCUT2D eigenvalue weighted by Gasteiger charge is 2.53. The molecule has 1 fully saturated rings. The van der Waals surface area contributed by atoms with Crippen molar-refractivity contribution in [2.45, 2.75) is 29.5 Å². The number of benzene rings is 5. The Labute approximate surface area is 303 Å². The van der Waals surface area contributed by atoms with E-state index >= 15 is 0 Å². The predicted octanol–water partition coefficient (Wildman–Crippen LogP) is 6.45. The number of nitrogens with zero attached hydrogens (tertiary/aromatic N) is 2. The van der Waals surface area contributed by atoms with E-state index in [9.17, 15) is 32.9 Å². The zero-order chi connectivity index (χ0) is 37.4. The number of esters is 2. The van der Waals surface area contributed by atoms with Crippen molar-refractivity contribution in [1.82, 2.24) is 0 Å². The third-order valence-corrected chi connectivity index (χ3v) is 9.24. The monoisotopic (exact) mass is 738 g/mol. The molecule has 6 rings (SSSR count). The highest BCUT2D eigenvalue weighted by molar-refractivity contribution is 7.86. The minimum atomic E-state index is -4.82. The zero-order valence-corrected chi connectivity index (χ0v) is 28.4. The molecule has 14 nitrogen and oxygen atoms in total. The fraction of sp³-hybridized carbons (Fsp3) is 0.132. The standard InChI is InChI=1S/C38H30N2O12S/c41-35(26-13-5-1-6-14-26)48-25-32-33(50-36(42)27-15-7-2-8-16-27)34(52-53(46,47)31-23-21-30(22-24-31)40(44)45)37(49-32)51-38(43)39(28-17-9-3-10-18-28)29-19-11-4-12-20-29/h1-24,32-34,37H,25H2/t32-,33+,34+,37+/m1/s1. The second kappa shape index (κ2) is 16.3. The van der Waals surface area contributed by atoms with E-state index in [1.807, 2.05) is 0 Å². The number of amides is 1. The van der Waals surface area contributed by atoms with Crippen molar-refractivity contribution in [3.05, 3.63) is 167 Å². The number of rotatable bonds is 12. The van der Waals surface area contributed by atoms with Crippen LogP contribution in [0.15, 0.2) is 150 Å². The van der Waals surface area contributed by atoms with Crippen LogP contribution in [0.5, 0.6) is 0 Å². The molecule has 1 saturated heterocycles. The maximum Gasteiger partial charge on any atom is 0.421 e. The van der Waals surface area contributed by atoms with Gasteiger partial charge in [-0.05, 0) is 60.7 Å². The number of anilines is 2. The van der Waals surface area contributed by atoms with Gasteiger partial charge in [0.25, 0.3) is 15.8 Å². The van der Waals surface area contributed by atoms with Gasteiger partial charge in [-0.3, -0.25) is 14.3 Å². The minimum Gasteiger partial charge on any atom is -0.459 e. The Morgan fingerprint density at radius 3 is 1.66 bits per heavy atom. The molecule has 270 valence electrons. The molecule has 1 amide bonds. The smallest absolute Gasteiger partial charge is 0.421 e. The first kappa shape index (κ1) is 36.4. The molecule has 4 atom stereocenters. The summed E-state index contributed by atoms with van der Waals surface area (Å²) in [5.74, 6) is -1.68. The summed E-state index contributed by atoms with van der Waals surface area (Å²) in [6.07, 6.45) is -7.85. The van der Waals surface area contributed by atoms with Gasteiger partial charge in [0.2, 0.25) is 6.29 Å². The molecule has 1 aliphatic heterocycles. The fourth-order valence-corrected chi connectivity index (χ4v) is 6.42. The largest absolute Gasteiger partial charge is 0.459 e. The molecule has 0 aromatic heterocycles. The van der Waals surface area contributed by atoms with Crippen molar-refractivity contribution in [1.29, 1.82) is 0 Å². The van der Waals surface area contributed by atoms with Gasteiger partial charge in [-0.2, -0.15) is 8.42 Å². The van der Waals surface area contributed by atoms with E-state index in [4.69, 9.17) is 23.1 Å². The van der Waals surface area contributed by atoms with Crippen LogP contribution in [0.4, 0.5) is 21.9 Å². The lowest BCUT2D eigenvalue weighted by Crippen LogP contribution is -2.43. The molecule has 53 heavy (non-hydrogen) atoms. The number of carbonyl (C=O) groups is 3. The molecule has 5 aromatic carbocycles. The van der Waals surface area contributed by atoms with Crippen LogP contribution in [-0.4, -0.2) is 62.6 Å². The molecule has 0 radical (unpaired) electrons. The van der Waals surface area contributed by atoms with Gasteiger partial charge in [-0.25, -0.2) is 19.3 Å². The lowest BCUT2D eigenvalue weighted by Gasteiger charge is -2.26. The zero-order valence-electron chi connectivity index (χ0n) is 27.6. The molecule has 0 bridgehead atoms. The molecule has 0 unspecified atom stereocenters. The highest BCUT2D eigenvalue weighted by Crippen LogP contribution is 2.34. The summed E-state index contributed by atoms with van der Waals surface area (Å²) in [4.78, 5) is 51.6. The van der Waals surface area contributed by atoms with Crippen molar-refractivity contribution in [3.63, 3.8) is 0 Å². The summed E-state index contributed by atoms with van der Waals surface area (Å²) in [5, 5.41) is 11.2. The van der Waals surface area contributed by atoms with E-state index in [0.29, 0.717) is 11.4 Å². The number of para-hydroxylation sites is 2. The Hall–Kier alpha value is -6.42. The van der Waals surface area contributed by atoms with Crippen LogP contribution in [-0.2, 0) is 33.2 Å². The maximum absolute atomic E-state index is 14.1. The highest BCUT2D eigenvalue weighted by atomic mass is 32.2. The molecule has 0 N–H and O–H groups in total. The summed E-state index contributed by atoms with van der Waals surface area (Å²) in [6, 6.07) is 36.5. The first-order chi connectivity index (χ1) is 25.6. The average Bonchev–Trinajstić information content (AvgIpc) is 3.48. The van der Waals surface area contributed by atoms with Crippen molar-refractivity contribution in [2.75, 3.05) is 11.5 Å². The molecule has 5 aromatic rings. The van der Waals surface area contributed by atoms with E-state index < -0.39 is 69.2 Å². The summed E-state index contributed by atoms with van der Waals surface area (Å²) in [5.41, 5.74) is 0.679. The molecule has 15 heteroatoms. The van der Waals surface area contributed by atoms with Crippen LogP contribution < -0.4 is 4.90 Å². The Morgan fingerprint density at radius 1 is 0.660 bits per heavy atom. The van der Waals surface area contributed by atoms with Crippen molar-refractivity contribution >= 4 is 45.2 Å². The van der Waals surface area contributed by atoms with Crippen LogP contribution in [0.25, 0.3) is 0 Å². The van der Waals surface area contributed by atoms with Crippen molar-refractivity contribution < 1.29 is 50.9 Å². The molecule has 0 saturated carbocycles. The summed E-state index contributed by atoms with van der Waals surface area (Å²) in [6.45, 7) is -0.590. The summed E-state index contributed by atoms with van der Waals surface area (Å²) in [7, 11) is -4.82. The van der Waals surface area contributed by atoms with Crippen LogP contribution >= 0.6 is 0 Å². The van der Waals surface area contributed by atoms with Crippen molar-refractivity contribution in [3.8, 4) is 0 Å². The van der Waals surface area contributed by atoms with Crippen molar-refractivity contribution in [2.24, 2.45) is 0 Å². The number of hydrogen-bond donors (Lipinski definition) is 0. The van der Waals surface area contributed by atoms with Gasteiger partial charge in [0.15, 0.2) is 12.2 Å². The number of ether oxygens (including phenoxy) is 4. The van der Waals surface area contributed by atoms with E-state index in [1.54, 1.807) is 97.1 Å². The minimum absolute atomic E-state index is 0.0873. The lowest BCUT2D eigenvalue weighted by atomic mass is 10.1. The third-order valence-electron chi connectivity index (χ3n) is 7.91. The lowest BCUT2D eigenvalue weighted by molar-refractivity contribution is -0.384. The maximum atomic E-state index is 14.1. The first-order valence-corrected chi connectivity index (χ1v) is 17.4. The summed E-state index contributed by atoms with van der Waals surface area (Å²) < 4.78 is 56.2. The van der Waals surface area contributed by atoms with E-state index in [2.05, 4.69) is 0 Å². The molecule has 1 heterocycles. The topological polar surface area (TPSA) is 178 Å². The average molecular weight is 739 g/mol. The number of nitro benzene ring substituents is 1. The third kappa shape index (κ3) is 8.73. The van der Waals surface area contributed by atoms with E-state index in [0.717, 1.165) is 24.3 Å². The Kier molecular flexibility index (Phi) is 11.2. The second-order valence-corrected chi connectivity index (χ2v) is 13.0. The molecule has 0 aliphatic carbocycles. The Bertz CT molecular complexity index is 2120. The second-order valence-electron chi connectivity index (χ2n) is 11.4. The predicted molar refractivity (Wildman–Crippen MR) is 188 cm³/mol. The van der Waals surface area contributed by atoms with Gasteiger partial charge in [0, 0.05) is 12.1 Å².